The fourth-order valence-corrected chi connectivity index (χ4v) is 6.97. The zero-order chi connectivity index (χ0) is 26.4. The highest BCUT2D eigenvalue weighted by Crippen LogP contribution is 2.45. The smallest absolute Gasteiger partial charge is 0.0620 e. The quantitative estimate of drug-likeness (QED) is 0.219. The first-order valence-electron chi connectivity index (χ1n) is 13.9. The molecule has 0 amide bonds. The highest BCUT2D eigenvalue weighted by atomic mass is 14.9. The van der Waals surface area contributed by atoms with E-state index in [2.05, 4.69) is 145 Å². The van der Waals surface area contributed by atoms with E-state index in [0.717, 1.165) is 0 Å². The molecule has 0 saturated heterocycles. The summed E-state index contributed by atoms with van der Waals surface area (Å²) in [4.78, 5) is 0. The van der Waals surface area contributed by atoms with Crippen molar-refractivity contribution >= 4 is 59.6 Å². The Balaban J connectivity index is 1.49. The fraction of sp³-hybridized carbons (Fsp3) is 0.0256. The van der Waals surface area contributed by atoms with E-state index >= 15 is 0 Å². The van der Waals surface area contributed by atoms with Crippen LogP contribution in [0.25, 0.3) is 81.9 Å². The summed E-state index contributed by atoms with van der Waals surface area (Å²) in [7, 11) is 0. The van der Waals surface area contributed by atoms with Crippen molar-refractivity contribution in [1.29, 1.82) is 0 Å². The molecule has 0 radical (unpaired) electrons. The summed E-state index contributed by atoms with van der Waals surface area (Å²) in [5.74, 6) is 0. The Morgan fingerprint density at radius 3 is 1.52 bits per heavy atom. The molecule has 0 spiro atoms. The van der Waals surface area contributed by atoms with Crippen LogP contribution in [0.1, 0.15) is 5.56 Å². The first kappa shape index (κ1) is 21.8. The van der Waals surface area contributed by atoms with Crippen molar-refractivity contribution in [3.05, 3.63) is 139 Å². The van der Waals surface area contributed by atoms with Crippen molar-refractivity contribution in [2.75, 3.05) is 0 Å². The van der Waals surface area contributed by atoms with Gasteiger partial charge in [0.2, 0.25) is 0 Å². The van der Waals surface area contributed by atoms with E-state index in [0.29, 0.717) is 0 Å². The summed E-state index contributed by atoms with van der Waals surface area (Å²) in [5.41, 5.74) is 10.3. The third-order valence-electron chi connectivity index (χ3n) is 8.77. The summed E-state index contributed by atoms with van der Waals surface area (Å²) in [6.45, 7) is 2.24. The molecule has 0 aliphatic rings. The normalized spacial score (nSPS) is 12.1. The molecule has 7 aromatic carbocycles. The molecule has 2 aromatic heterocycles. The van der Waals surface area contributed by atoms with Gasteiger partial charge >= 0.3 is 0 Å². The maximum Gasteiger partial charge on any atom is 0.0620 e. The molecule has 2 heterocycles. The average Bonchev–Trinajstić information content (AvgIpc) is 3.49. The monoisotopic (exact) mass is 507 g/mol. The number of aryl methyl sites for hydroxylation is 1. The number of nitrogens with zero attached hydrogens (tertiary/aromatic N) is 1. The molecule has 0 aliphatic carbocycles. The van der Waals surface area contributed by atoms with Gasteiger partial charge in [0.05, 0.1) is 16.6 Å². The van der Waals surface area contributed by atoms with E-state index in [4.69, 9.17) is 0 Å². The maximum absolute atomic E-state index is 2.51. The Bertz CT molecular complexity index is 2300. The van der Waals surface area contributed by atoms with Gasteiger partial charge < -0.3 is 4.40 Å². The number of fused-ring (bicyclic) bond motifs is 8. The molecule has 1 nitrogen and oxygen atoms in total. The molecule has 186 valence electrons. The van der Waals surface area contributed by atoms with Gasteiger partial charge in [-0.25, -0.2) is 0 Å². The molecule has 0 bridgehead atoms. The lowest BCUT2D eigenvalue weighted by Crippen LogP contribution is -1.89. The van der Waals surface area contributed by atoms with E-state index in [1.165, 1.54) is 87.5 Å². The number of hydrogen-bond acceptors (Lipinski definition) is 0. The van der Waals surface area contributed by atoms with Crippen molar-refractivity contribution in [2.24, 2.45) is 0 Å². The summed E-state index contributed by atoms with van der Waals surface area (Å²) < 4.78 is 2.51. The van der Waals surface area contributed by atoms with Gasteiger partial charge in [0.15, 0.2) is 0 Å². The highest BCUT2D eigenvalue weighted by Gasteiger charge is 2.21. The Kier molecular flexibility index (Phi) is 4.32. The van der Waals surface area contributed by atoms with Crippen molar-refractivity contribution in [2.45, 2.75) is 6.92 Å². The van der Waals surface area contributed by atoms with E-state index in [9.17, 15) is 0 Å². The first-order valence-corrected chi connectivity index (χ1v) is 13.9. The molecule has 1 heteroatoms. The van der Waals surface area contributed by atoms with Crippen LogP contribution in [-0.2, 0) is 0 Å². The van der Waals surface area contributed by atoms with Gasteiger partial charge in [-0.15, -0.1) is 0 Å². The van der Waals surface area contributed by atoms with E-state index in [-0.39, 0.29) is 0 Å². The molecular weight excluding hydrogens is 482 g/mol. The highest BCUT2D eigenvalue weighted by molar-refractivity contribution is 6.27. The topological polar surface area (TPSA) is 4.41 Å². The minimum absolute atomic E-state index is 1.25. The standard InChI is InChI=1S/C39H25N/c1-24-10-9-17-31(25-11-3-2-4-12-25)38(24)30-20-34-32-18-26-13-5-7-15-28(26)22-36(32)40-37-23-29-16-8-6-14-27(29)19-33(37)35(21-30)39(34)40/h2-23H,1H3. The minimum Gasteiger partial charge on any atom is -0.308 e. The molecule has 0 aliphatic heterocycles. The van der Waals surface area contributed by atoms with Crippen LogP contribution in [0.4, 0.5) is 0 Å². The molecule has 9 rings (SSSR count). The third kappa shape index (κ3) is 2.92. The maximum atomic E-state index is 2.51. The Hall–Kier alpha value is -5.14. The van der Waals surface area contributed by atoms with Gasteiger partial charge in [-0.1, -0.05) is 97.1 Å². The second-order valence-electron chi connectivity index (χ2n) is 11.1. The summed E-state index contributed by atoms with van der Waals surface area (Å²) in [6.07, 6.45) is 0. The average molecular weight is 508 g/mol. The van der Waals surface area contributed by atoms with Crippen LogP contribution in [0.3, 0.4) is 0 Å². The zero-order valence-electron chi connectivity index (χ0n) is 22.1. The first-order chi connectivity index (χ1) is 19.7. The number of aromatic nitrogens is 1. The minimum atomic E-state index is 1.25. The van der Waals surface area contributed by atoms with Crippen LogP contribution >= 0.6 is 0 Å². The summed E-state index contributed by atoms with van der Waals surface area (Å²) in [6, 6.07) is 49.3. The lowest BCUT2D eigenvalue weighted by atomic mass is 9.89. The van der Waals surface area contributed by atoms with Gasteiger partial charge in [0.1, 0.15) is 0 Å². The predicted molar refractivity (Wildman–Crippen MR) is 172 cm³/mol. The molecule has 9 aromatic rings. The van der Waals surface area contributed by atoms with Crippen LogP contribution in [0, 0.1) is 6.92 Å². The van der Waals surface area contributed by atoms with E-state index in [1.54, 1.807) is 0 Å². The van der Waals surface area contributed by atoms with Crippen molar-refractivity contribution < 1.29 is 0 Å². The van der Waals surface area contributed by atoms with Gasteiger partial charge in [-0.3, -0.25) is 0 Å². The van der Waals surface area contributed by atoms with Crippen molar-refractivity contribution in [1.82, 2.24) is 4.40 Å². The second kappa shape index (κ2) is 7.94. The van der Waals surface area contributed by atoms with Gasteiger partial charge in [-0.2, -0.15) is 0 Å². The molecule has 0 N–H and O–H groups in total. The SMILES string of the molecule is Cc1cccc(-c2ccccc2)c1-c1cc2c3cc4ccccc4cc3n3c4cc5ccccc5cc4c(c1)c23. The van der Waals surface area contributed by atoms with Crippen LogP contribution < -0.4 is 0 Å². The molecular formula is C39H25N. The predicted octanol–water partition coefficient (Wildman–Crippen LogP) is 10.8. The molecule has 40 heavy (non-hydrogen) atoms. The molecule has 0 atom stereocenters. The number of hydrogen-bond donors (Lipinski definition) is 0. The van der Waals surface area contributed by atoms with Crippen LogP contribution in [0.2, 0.25) is 0 Å². The lowest BCUT2D eigenvalue weighted by molar-refractivity contribution is 1.38. The van der Waals surface area contributed by atoms with Gasteiger partial charge in [0, 0.05) is 21.5 Å². The van der Waals surface area contributed by atoms with Gasteiger partial charge in [-0.05, 0) is 92.7 Å². The summed E-state index contributed by atoms with van der Waals surface area (Å²) >= 11 is 0. The Labute approximate surface area is 231 Å². The molecule has 0 fully saturated rings. The van der Waals surface area contributed by atoms with Crippen molar-refractivity contribution in [3.63, 3.8) is 0 Å². The largest absolute Gasteiger partial charge is 0.308 e. The summed E-state index contributed by atoms with van der Waals surface area (Å²) in [5, 5.41) is 10.4. The van der Waals surface area contributed by atoms with E-state index < -0.39 is 0 Å². The molecule has 0 unspecified atom stereocenters. The Morgan fingerprint density at radius 1 is 0.425 bits per heavy atom. The third-order valence-corrected chi connectivity index (χ3v) is 8.77. The van der Waals surface area contributed by atoms with Crippen LogP contribution in [0.5, 0.6) is 0 Å². The fourth-order valence-electron chi connectivity index (χ4n) is 6.97. The zero-order valence-corrected chi connectivity index (χ0v) is 22.1. The van der Waals surface area contributed by atoms with Gasteiger partial charge in [0.25, 0.3) is 0 Å². The lowest BCUT2D eigenvalue weighted by Gasteiger charge is -2.14. The second-order valence-corrected chi connectivity index (χ2v) is 11.1. The number of rotatable bonds is 2. The molecule has 0 saturated carbocycles. The van der Waals surface area contributed by atoms with E-state index in [1.807, 2.05) is 0 Å². The van der Waals surface area contributed by atoms with Crippen LogP contribution in [0.15, 0.2) is 133 Å². The van der Waals surface area contributed by atoms with Crippen LogP contribution in [-0.4, -0.2) is 4.40 Å². The Morgan fingerprint density at radius 2 is 0.950 bits per heavy atom. The number of benzene rings is 7. The van der Waals surface area contributed by atoms with Crippen molar-refractivity contribution in [3.8, 4) is 22.3 Å².